The standard InChI is InChI=1S/C12H25NO2S/c1-12(2,3)11(13-4)9-16(14)10-5-7-15-8-6-10/h10-11,13H,5-9H2,1-4H3. The lowest BCUT2D eigenvalue weighted by atomic mass is 9.88. The molecule has 4 heteroatoms. The molecule has 2 unspecified atom stereocenters. The Labute approximate surface area is 102 Å². The molecule has 0 aromatic heterocycles. The highest BCUT2D eigenvalue weighted by atomic mass is 32.2. The molecule has 0 saturated carbocycles. The van der Waals surface area contributed by atoms with Gasteiger partial charge in [-0.1, -0.05) is 20.8 Å². The summed E-state index contributed by atoms with van der Waals surface area (Å²) in [5.74, 6) is 0.755. The molecule has 0 aromatic carbocycles. The van der Waals surface area contributed by atoms with Gasteiger partial charge in [0.15, 0.2) is 0 Å². The van der Waals surface area contributed by atoms with Gasteiger partial charge in [0.1, 0.15) is 0 Å². The summed E-state index contributed by atoms with van der Waals surface area (Å²) in [7, 11) is 1.23. The normalized spacial score (nSPS) is 23.0. The molecular formula is C12H25NO2S. The van der Waals surface area contributed by atoms with E-state index < -0.39 is 10.8 Å². The van der Waals surface area contributed by atoms with Crippen molar-refractivity contribution in [3.05, 3.63) is 0 Å². The fourth-order valence-corrected chi connectivity index (χ4v) is 3.99. The number of nitrogens with one attached hydrogen (secondary N) is 1. The van der Waals surface area contributed by atoms with Gasteiger partial charge in [0.2, 0.25) is 0 Å². The van der Waals surface area contributed by atoms with E-state index in [2.05, 4.69) is 26.1 Å². The predicted molar refractivity (Wildman–Crippen MR) is 69.2 cm³/mol. The van der Waals surface area contributed by atoms with Crippen molar-refractivity contribution in [1.29, 1.82) is 0 Å². The highest BCUT2D eigenvalue weighted by molar-refractivity contribution is 7.85. The topological polar surface area (TPSA) is 38.3 Å². The van der Waals surface area contributed by atoms with Crippen molar-refractivity contribution in [1.82, 2.24) is 5.32 Å². The minimum Gasteiger partial charge on any atom is -0.381 e. The Morgan fingerprint density at radius 1 is 1.38 bits per heavy atom. The molecule has 1 fully saturated rings. The first-order valence-electron chi connectivity index (χ1n) is 6.07. The van der Waals surface area contributed by atoms with Crippen molar-refractivity contribution < 1.29 is 8.95 Å². The Morgan fingerprint density at radius 3 is 2.38 bits per heavy atom. The van der Waals surface area contributed by atoms with Gasteiger partial charge in [0.05, 0.1) is 0 Å². The molecule has 0 spiro atoms. The van der Waals surface area contributed by atoms with Crippen LogP contribution in [0.15, 0.2) is 0 Å². The zero-order valence-corrected chi connectivity index (χ0v) is 11.7. The van der Waals surface area contributed by atoms with Crippen LogP contribution in [0.3, 0.4) is 0 Å². The van der Waals surface area contributed by atoms with Gasteiger partial charge in [-0.3, -0.25) is 4.21 Å². The van der Waals surface area contributed by atoms with Crippen LogP contribution in [-0.2, 0) is 15.5 Å². The zero-order valence-electron chi connectivity index (χ0n) is 10.9. The molecule has 0 aromatic rings. The van der Waals surface area contributed by atoms with Crippen LogP contribution in [0.2, 0.25) is 0 Å². The second kappa shape index (κ2) is 6.12. The first kappa shape index (κ1) is 14.1. The number of hydrogen-bond acceptors (Lipinski definition) is 3. The van der Waals surface area contributed by atoms with Crippen LogP contribution >= 0.6 is 0 Å². The van der Waals surface area contributed by atoms with Gasteiger partial charge in [0.25, 0.3) is 0 Å². The molecule has 2 atom stereocenters. The van der Waals surface area contributed by atoms with Crippen molar-refractivity contribution in [3.8, 4) is 0 Å². The maximum absolute atomic E-state index is 12.2. The van der Waals surface area contributed by atoms with Gasteiger partial charge < -0.3 is 10.1 Å². The summed E-state index contributed by atoms with van der Waals surface area (Å²) >= 11 is 0. The largest absolute Gasteiger partial charge is 0.381 e. The van der Waals surface area contributed by atoms with E-state index in [0.717, 1.165) is 31.8 Å². The minimum absolute atomic E-state index is 0.162. The van der Waals surface area contributed by atoms with Crippen LogP contribution in [-0.4, -0.2) is 41.5 Å². The maximum Gasteiger partial charge on any atom is 0.0477 e. The van der Waals surface area contributed by atoms with E-state index in [9.17, 15) is 4.21 Å². The molecule has 1 N–H and O–H groups in total. The van der Waals surface area contributed by atoms with Gasteiger partial charge in [-0.15, -0.1) is 0 Å². The van der Waals surface area contributed by atoms with Crippen molar-refractivity contribution in [3.63, 3.8) is 0 Å². The monoisotopic (exact) mass is 247 g/mol. The Hall–Kier alpha value is 0.0700. The average molecular weight is 247 g/mol. The molecule has 0 amide bonds. The summed E-state index contributed by atoms with van der Waals surface area (Å²) in [6, 6.07) is 0.316. The Morgan fingerprint density at radius 2 is 1.94 bits per heavy atom. The van der Waals surface area contributed by atoms with E-state index in [1.54, 1.807) is 0 Å². The van der Waals surface area contributed by atoms with E-state index in [0.29, 0.717) is 11.3 Å². The van der Waals surface area contributed by atoms with E-state index >= 15 is 0 Å². The number of ether oxygens (including phenoxy) is 1. The highest BCUT2D eigenvalue weighted by Gasteiger charge is 2.28. The third kappa shape index (κ3) is 4.15. The molecule has 1 rings (SSSR count). The smallest absolute Gasteiger partial charge is 0.0477 e. The second-order valence-corrected chi connectivity index (χ2v) is 7.33. The third-order valence-electron chi connectivity index (χ3n) is 3.26. The molecule has 0 bridgehead atoms. The lowest BCUT2D eigenvalue weighted by Gasteiger charge is -2.32. The van der Waals surface area contributed by atoms with Crippen molar-refractivity contribution in [2.45, 2.75) is 44.9 Å². The number of rotatable bonds is 4. The Balaban J connectivity index is 2.48. The van der Waals surface area contributed by atoms with Crippen LogP contribution < -0.4 is 5.32 Å². The number of hydrogen-bond donors (Lipinski definition) is 1. The van der Waals surface area contributed by atoms with Gasteiger partial charge in [-0.25, -0.2) is 0 Å². The van der Waals surface area contributed by atoms with E-state index in [4.69, 9.17) is 4.74 Å². The minimum atomic E-state index is -0.725. The van der Waals surface area contributed by atoms with Gasteiger partial charge in [-0.2, -0.15) is 0 Å². The molecule has 1 aliphatic rings. The summed E-state index contributed by atoms with van der Waals surface area (Å²) in [5.41, 5.74) is 0.162. The summed E-state index contributed by atoms with van der Waals surface area (Å²) in [4.78, 5) is 0. The quantitative estimate of drug-likeness (QED) is 0.819. The molecule has 0 radical (unpaired) electrons. The summed E-state index contributed by atoms with van der Waals surface area (Å²) in [6.45, 7) is 8.12. The van der Waals surface area contributed by atoms with Crippen molar-refractivity contribution in [2.24, 2.45) is 5.41 Å². The van der Waals surface area contributed by atoms with Crippen LogP contribution in [0.1, 0.15) is 33.6 Å². The summed E-state index contributed by atoms with van der Waals surface area (Å²) in [6.07, 6.45) is 1.90. The lowest BCUT2D eigenvalue weighted by molar-refractivity contribution is 0.0991. The molecule has 1 aliphatic heterocycles. The summed E-state index contributed by atoms with van der Waals surface area (Å²) < 4.78 is 17.5. The third-order valence-corrected chi connectivity index (χ3v) is 5.14. The van der Waals surface area contributed by atoms with E-state index in [-0.39, 0.29) is 5.41 Å². The molecule has 1 saturated heterocycles. The SMILES string of the molecule is CNC(CS(=O)C1CCOCC1)C(C)(C)C. The van der Waals surface area contributed by atoms with E-state index in [1.165, 1.54) is 0 Å². The molecule has 1 heterocycles. The van der Waals surface area contributed by atoms with Crippen LogP contribution in [0.25, 0.3) is 0 Å². The fourth-order valence-electron chi connectivity index (χ4n) is 2.01. The van der Waals surface area contributed by atoms with E-state index in [1.807, 2.05) is 7.05 Å². The first-order chi connectivity index (χ1) is 7.45. The van der Waals surface area contributed by atoms with Crippen molar-refractivity contribution in [2.75, 3.05) is 26.0 Å². The molecule has 16 heavy (non-hydrogen) atoms. The van der Waals surface area contributed by atoms with Gasteiger partial charge in [-0.05, 0) is 25.3 Å². The fraction of sp³-hybridized carbons (Fsp3) is 1.00. The zero-order chi connectivity index (χ0) is 12.2. The highest BCUT2D eigenvalue weighted by Crippen LogP contribution is 2.22. The van der Waals surface area contributed by atoms with Crippen molar-refractivity contribution >= 4 is 10.8 Å². The first-order valence-corrected chi connectivity index (χ1v) is 7.45. The van der Waals surface area contributed by atoms with Gasteiger partial charge >= 0.3 is 0 Å². The summed E-state index contributed by atoms with van der Waals surface area (Å²) in [5, 5.41) is 3.63. The molecule has 0 aliphatic carbocycles. The van der Waals surface area contributed by atoms with Crippen LogP contribution in [0.5, 0.6) is 0 Å². The Bertz CT molecular complexity index is 232. The molecular weight excluding hydrogens is 222 g/mol. The average Bonchev–Trinajstić information content (AvgIpc) is 2.25. The second-order valence-electron chi connectivity index (χ2n) is 5.57. The van der Waals surface area contributed by atoms with Gasteiger partial charge in [0, 0.05) is 41.1 Å². The predicted octanol–water partition coefficient (Wildman–Crippen LogP) is 1.55. The molecule has 96 valence electrons. The lowest BCUT2D eigenvalue weighted by Crippen LogP contribution is -2.44. The maximum atomic E-state index is 12.2. The Kier molecular flexibility index (Phi) is 5.41. The van der Waals surface area contributed by atoms with Crippen LogP contribution in [0.4, 0.5) is 0 Å². The van der Waals surface area contributed by atoms with Crippen LogP contribution in [0, 0.1) is 5.41 Å². The molecule has 3 nitrogen and oxygen atoms in total.